The second-order valence-electron chi connectivity index (χ2n) is 4.41. The minimum absolute atomic E-state index is 0.570. The van der Waals surface area contributed by atoms with E-state index in [0.29, 0.717) is 11.4 Å². The van der Waals surface area contributed by atoms with Crippen LogP contribution in [-0.4, -0.2) is 15.7 Å². The lowest BCUT2D eigenvalue weighted by atomic mass is 10.1. The summed E-state index contributed by atoms with van der Waals surface area (Å²) < 4.78 is 2.71. The van der Waals surface area contributed by atoms with Crippen molar-refractivity contribution in [1.29, 1.82) is 0 Å². The Bertz CT molecular complexity index is 760. The number of fused-ring (bicyclic) bond motifs is 1. The average Bonchev–Trinajstić information content (AvgIpc) is 2.77. The average molecular weight is 315 g/mol. The van der Waals surface area contributed by atoms with Gasteiger partial charge in [0.05, 0.1) is 0 Å². The van der Waals surface area contributed by atoms with Crippen molar-refractivity contribution in [2.75, 3.05) is 0 Å². The van der Waals surface area contributed by atoms with Crippen LogP contribution in [0.2, 0.25) is 0 Å². The highest BCUT2D eigenvalue weighted by Crippen LogP contribution is 2.25. The molecule has 19 heavy (non-hydrogen) atoms. The highest BCUT2D eigenvalue weighted by atomic mass is 79.9. The summed E-state index contributed by atoms with van der Waals surface area (Å²) in [6.07, 6.45) is 2.70. The van der Waals surface area contributed by atoms with Gasteiger partial charge in [0, 0.05) is 16.2 Å². The van der Waals surface area contributed by atoms with Crippen molar-refractivity contribution in [1.82, 2.24) is 9.38 Å². The van der Waals surface area contributed by atoms with Crippen LogP contribution in [0.1, 0.15) is 16.1 Å². The molecule has 0 N–H and O–H groups in total. The number of carbonyl (C=O) groups is 1. The number of halogens is 1. The van der Waals surface area contributed by atoms with E-state index < -0.39 is 0 Å². The summed E-state index contributed by atoms with van der Waals surface area (Å²) in [5.74, 6) is 0. The number of rotatable bonds is 2. The number of pyridine rings is 1. The highest BCUT2D eigenvalue weighted by molar-refractivity contribution is 9.10. The van der Waals surface area contributed by atoms with Crippen molar-refractivity contribution >= 4 is 27.9 Å². The lowest BCUT2D eigenvalue weighted by Crippen LogP contribution is -1.92. The Labute approximate surface area is 119 Å². The molecule has 94 valence electrons. The monoisotopic (exact) mass is 314 g/mol. The van der Waals surface area contributed by atoms with Crippen LogP contribution < -0.4 is 0 Å². The molecule has 0 fully saturated rings. The smallest absolute Gasteiger partial charge is 0.169 e. The molecule has 0 aliphatic carbocycles. The Hall–Kier alpha value is -1.94. The molecule has 0 aliphatic heterocycles. The van der Waals surface area contributed by atoms with Crippen molar-refractivity contribution in [3.63, 3.8) is 0 Å². The van der Waals surface area contributed by atoms with Gasteiger partial charge in [-0.15, -0.1) is 0 Å². The Kier molecular flexibility index (Phi) is 2.95. The molecule has 3 aromatic rings. The number of carbonyl (C=O) groups excluding carboxylic acids is 1. The lowest BCUT2D eigenvalue weighted by molar-refractivity contribution is 0.111. The fourth-order valence-electron chi connectivity index (χ4n) is 2.07. The lowest BCUT2D eigenvalue weighted by Gasteiger charge is -1.99. The molecular formula is C15H11BrN2O. The molecule has 3 rings (SSSR count). The minimum Gasteiger partial charge on any atom is -0.296 e. The number of hydrogen-bond donors (Lipinski definition) is 0. The molecular weight excluding hydrogens is 304 g/mol. The fraction of sp³-hybridized carbons (Fsp3) is 0.0667. The van der Waals surface area contributed by atoms with E-state index in [1.165, 1.54) is 5.56 Å². The van der Waals surface area contributed by atoms with Gasteiger partial charge in [-0.1, -0.05) is 29.8 Å². The molecule has 4 heteroatoms. The first kappa shape index (κ1) is 12.1. The number of aldehydes is 1. The molecule has 0 unspecified atom stereocenters. The van der Waals surface area contributed by atoms with Crippen molar-refractivity contribution in [3.8, 4) is 11.3 Å². The fourth-order valence-corrected chi connectivity index (χ4v) is 2.41. The third-order valence-electron chi connectivity index (χ3n) is 3.06. The number of benzene rings is 1. The summed E-state index contributed by atoms with van der Waals surface area (Å²) in [4.78, 5) is 15.9. The molecule has 0 spiro atoms. The van der Waals surface area contributed by atoms with Crippen LogP contribution in [0.4, 0.5) is 0 Å². The van der Waals surface area contributed by atoms with Crippen LogP contribution in [0, 0.1) is 6.92 Å². The Morgan fingerprint density at radius 2 is 1.89 bits per heavy atom. The highest BCUT2D eigenvalue weighted by Gasteiger charge is 2.13. The van der Waals surface area contributed by atoms with Gasteiger partial charge < -0.3 is 0 Å². The van der Waals surface area contributed by atoms with Crippen LogP contribution in [-0.2, 0) is 0 Å². The third-order valence-corrected chi connectivity index (χ3v) is 3.53. The first-order valence-corrected chi connectivity index (χ1v) is 6.68. The summed E-state index contributed by atoms with van der Waals surface area (Å²) in [7, 11) is 0. The van der Waals surface area contributed by atoms with E-state index in [9.17, 15) is 4.79 Å². The predicted octanol–water partition coefficient (Wildman–Crippen LogP) is 3.88. The Balaban J connectivity index is 2.28. The summed E-state index contributed by atoms with van der Waals surface area (Å²) in [6.45, 7) is 2.03. The van der Waals surface area contributed by atoms with Gasteiger partial charge in [-0.25, -0.2) is 4.98 Å². The van der Waals surface area contributed by atoms with E-state index in [-0.39, 0.29) is 0 Å². The Morgan fingerprint density at radius 1 is 1.16 bits per heavy atom. The van der Waals surface area contributed by atoms with Gasteiger partial charge >= 0.3 is 0 Å². The maximum atomic E-state index is 11.4. The van der Waals surface area contributed by atoms with Gasteiger partial charge in [-0.05, 0) is 35.0 Å². The van der Waals surface area contributed by atoms with Gasteiger partial charge in [0.1, 0.15) is 17.0 Å². The SMILES string of the molecule is Cc1ccc(-c2nc3ccc(Br)cn3c2C=O)cc1. The number of nitrogens with zero attached hydrogens (tertiary/aromatic N) is 2. The van der Waals surface area contributed by atoms with E-state index in [1.807, 2.05) is 49.5 Å². The molecule has 0 atom stereocenters. The van der Waals surface area contributed by atoms with Gasteiger partial charge in [0.25, 0.3) is 0 Å². The summed E-state index contributed by atoms with van der Waals surface area (Å²) in [6, 6.07) is 11.8. The first-order valence-electron chi connectivity index (χ1n) is 5.89. The van der Waals surface area contributed by atoms with E-state index in [2.05, 4.69) is 20.9 Å². The van der Waals surface area contributed by atoms with Crippen molar-refractivity contribution in [2.24, 2.45) is 0 Å². The summed E-state index contributed by atoms with van der Waals surface area (Å²) in [5, 5.41) is 0. The van der Waals surface area contributed by atoms with Crippen molar-refractivity contribution in [2.45, 2.75) is 6.92 Å². The molecule has 3 nitrogen and oxygen atoms in total. The van der Waals surface area contributed by atoms with E-state index in [4.69, 9.17) is 0 Å². The molecule has 0 aliphatic rings. The standard InChI is InChI=1S/C15H11BrN2O/c1-10-2-4-11(5-3-10)15-13(9-19)18-8-12(16)6-7-14(18)17-15/h2-9H,1H3. The van der Waals surface area contributed by atoms with Crippen LogP contribution in [0.3, 0.4) is 0 Å². The number of aryl methyl sites for hydroxylation is 1. The predicted molar refractivity (Wildman–Crippen MR) is 78.5 cm³/mol. The molecule has 2 heterocycles. The maximum absolute atomic E-state index is 11.4. The summed E-state index contributed by atoms with van der Waals surface area (Å²) in [5.41, 5.74) is 4.18. The van der Waals surface area contributed by atoms with Crippen LogP contribution in [0.5, 0.6) is 0 Å². The molecule has 2 aromatic heterocycles. The van der Waals surface area contributed by atoms with E-state index in [0.717, 1.165) is 22.0 Å². The van der Waals surface area contributed by atoms with Crippen LogP contribution in [0.15, 0.2) is 47.1 Å². The number of imidazole rings is 1. The van der Waals surface area contributed by atoms with Crippen LogP contribution >= 0.6 is 15.9 Å². The second kappa shape index (κ2) is 4.63. The van der Waals surface area contributed by atoms with Gasteiger partial charge in [0.2, 0.25) is 0 Å². The van der Waals surface area contributed by atoms with Gasteiger partial charge in [-0.2, -0.15) is 0 Å². The third kappa shape index (κ3) is 2.08. The molecule has 0 amide bonds. The molecule has 0 saturated heterocycles. The molecule has 1 aromatic carbocycles. The Morgan fingerprint density at radius 3 is 2.58 bits per heavy atom. The zero-order valence-corrected chi connectivity index (χ0v) is 11.9. The number of hydrogen-bond acceptors (Lipinski definition) is 2. The van der Waals surface area contributed by atoms with E-state index >= 15 is 0 Å². The molecule has 0 saturated carbocycles. The zero-order chi connectivity index (χ0) is 13.4. The molecule has 0 bridgehead atoms. The first-order chi connectivity index (χ1) is 9.19. The minimum atomic E-state index is 0.570. The summed E-state index contributed by atoms with van der Waals surface area (Å²) >= 11 is 3.41. The quantitative estimate of drug-likeness (QED) is 0.673. The topological polar surface area (TPSA) is 34.4 Å². The van der Waals surface area contributed by atoms with Crippen molar-refractivity contribution < 1.29 is 4.79 Å². The maximum Gasteiger partial charge on any atom is 0.169 e. The molecule has 0 radical (unpaired) electrons. The second-order valence-corrected chi connectivity index (χ2v) is 5.32. The zero-order valence-electron chi connectivity index (χ0n) is 10.3. The van der Waals surface area contributed by atoms with Gasteiger partial charge in [0.15, 0.2) is 6.29 Å². The van der Waals surface area contributed by atoms with E-state index in [1.54, 1.807) is 4.40 Å². The van der Waals surface area contributed by atoms with Crippen LogP contribution in [0.25, 0.3) is 16.9 Å². The largest absolute Gasteiger partial charge is 0.296 e. The van der Waals surface area contributed by atoms with Crippen molar-refractivity contribution in [3.05, 3.63) is 58.3 Å². The number of aromatic nitrogens is 2. The van der Waals surface area contributed by atoms with Gasteiger partial charge in [-0.3, -0.25) is 9.20 Å². The normalized spacial score (nSPS) is 10.8.